The number of halogens is 3. The number of amides is 1. The minimum atomic E-state index is -2.75. The maximum Gasteiger partial charge on any atom is 0.273 e. The summed E-state index contributed by atoms with van der Waals surface area (Å²) < 4.78 is 27.3. The van der Waals surface area contributed by atoms with Gasteiger partial charge in [-0.05, 0) is 36.6 Å². The molecule has 1 aromatic carbocycles. The van der Waals surface area contributed by atoms with Gasteiger partial charge in [0.1, 0.15) is 17.5 Å². The van der Waals surface area contributed by atoms with E-state index in [-0.39, 0.29) is 37.7 Å². The average Bonchev–Trinajstić information content (AvgIpc) is 2.83. The van der Waals surface area contributed by atoms with E-state index in [1.54, 1.807) is 24.4 Å². The quantitative estimate of drug-likeness (QED) is 0.426. The molecule has 4 heterocycles. The van der Waals surface area contributed by atoms with Crippen LogP contribution >= 0.6 is 11.6 Å². The second-order valence-electron chi connectivity index (χ2n) is 8.34. The molecular weight excluding hydrogens is 462 g/mol. The van der Waals surface area contributed by atoms with Crippen LogP contribution < -0.4 is 5.32 Å². The van der Waals surface area contributed by atoms with Crippen molar-refractivity contribution in [3.05, 3.63) is 65.3 Å². The van der Waals surface area contributed by atoms with Crippen molar-refractivity contribution in [1.82, 2.24) is 24.8 Å². The summed E-state index contributed by atoms with van der Waals surface area (Å²) in [4.78, 5) is 32.4. The minimum Gasteiger partial charge on any atom is -0.360 e. The Bertz CT molecular complexity index is 1380. The first kappa shape index (κ1) is 22.3. The van der Waals surface area contributed by atoms with Crippen molar-refractivity contribution in [1.29, 1.82) is 0 Å². The van der Waals surface area contributed by atoms with E-state index in [4.69, 9.17) is 11.6 Å². The molecular formula is C24H21ClF2N6O. The van der Waals surface area contributed by atoms with Crippen LogP contribution in [-0.2, 0) is 0 Å². The van der Waals surface area contributed by atoms with Crippen LogP contribution in [0.15, 0.2) is 48.9 Å². The molecule has 1 N–H and O–H groups in total. The summed E-state index contributed by atoms with van der Waals surface area (Å²) in [5, 5.41) is 4.94. The second-order valence-corrected chi connectivity index (χ2v) is 8.75. The molecule has 1 saturated heterocycles. The van der Waals surface area contributed by atoms with Gasteiger partial charge in [-0.25, -0.2) is 23.7 Å². The van der Waals surface area contributed by atoms with Crippen LogP contribution in [0.2, 0.25) is 5.02 Å². The molecule has 10 heteroatoms. The number of nitrogens with one attached hydrogen (secondary N) is 1. The van der Waals surface area contributed by atoms with E-state index < -0.39 is 11.8 Å². The third-order valence-corrected chi connectivity index (χ3v) is 6.32. The molecule has 0 saturated carbocycles. The summed E-state index contributed by atoms with van der Waals surface area (Å²) in [5.41, 5.74) is 2.06. The van der Waals surface area contributed by atoms with Crippen molar-refractivity contribution in [2.75, 3.05) is 18.4 Å². The first-order valence-corrected chi connectivity index (χ1v) is 11.3. The number of carbonyl (C=O) groups is 1. The topological polar surface area (TPSA) is 83.9 Å². The number of carbonyl (C=O) groups excluding carboxylic acids is 1. The molecule has 1 aliphatic rings. The number of nitrogens with zero attached hydrogens (tertiary/aromatic N) is 5. The molecule has 174 valence electrons. The Balaban J connectivity index is 1.53. The fourth-order valence-corrected chi connectivity index (χ4v) is 4.40. The monoisotopic (exact) mass is 482 g/mol. The number of aromatic nitrogens is 4. The number of hydrogen-bond donors (Lipinski definition) is 1. The Morgan fingerprint density at radius 2 is 1.94 bits per heavy atom. The Hall–Kier alpha value is -3.46. The number of piperidine rings is 1. The number of fused-ring (bicyclic) bond motifs is 2. The summed E-state index contributed by atoms with van der Waals surface area (Å²) in [5.74, 6) is -2.62. The molecule has 1 fully saturated rings. The summed E-state index contributed by atoms with van der Waals surface area (Å²) in [7, 11) is 0. The molecule has 5 rings (SSSR count). The van der Waals surface area contributed by atoms with Gasteiger partial charge in [0.15, 0.2) is 5.82 Å². The molecule has 1 unspecified atom stereocenters. The molecule has 0 spiro atoms. The second kappa shape index (κ2) is 8.72. The zero-order valence-electron chi connectivity index (χ0n) is 18.3. The van der Waals surface area contributed by atoms with Crippen LogP contribution in [0.3, 0.4) is 0 Å². The van der Waals surface area contributed by atoms with Crippen molar-refractivity contribution in [3.63, 3.8) is 0 Å². The maximum absolute atomic E-state index is 13.7. The van der Waals surface area contributed by atoms with E-state index >= 15 is 0 Å². The average molecular weight is 483 g/mol. The van der Waals surface area contributed by atoms with Crippen LogP contribution in [0.25, 0.3) is 21.8 Å². The molecule has 0 bridgehead atoms. The summed E-state index contributed by atoms with van der Waals surface area (Å²) in [6.45, 7) is 1.83. The highest BCUT2D eigenvalue weighted by molar-refractivity contribution is 6.36. The standard InChI is InChI=1S/C24H21ClF2N6O/c1-14(31-22-20-17(29-13-30-22)6-3-9-28-20)18-12-15-4-2-5-16(25)19(15)21(32-18)23(34)33-10-7-24(26,27)8-11-33/h2-6,9,12-14H,7-8,10-11H2,1H3,(H,29,30,31). The van der Waals surface area contributed by atoms with Gasteiger partial charge in [0.05, 0.1) is 22.3 Å². The largest absolute Gasteiger partial charge is 0.360 e. The van der Waals surface area contributed by atoms with Crippen LogP contribution in [0.5, 0.6) is 0 Å². The number of hydrogen-bond acceptors (Lipinski definition) is 6. The first-order chi connectivity index (χ1) is 16.3. The molecule has 4 aromatic rings. The number of likely N-dealkylation sites (tertiary alicyclic amines) is 1. The first-order valence-electron chi connectivity index (χ1n) is 10.9. The van der Waals surface area contributed by atoms with Gasteiger partial charge in [-0.15, -0.1) is 0 Å². The van der Waals surface area contributed by atoms with Crippen molar-refractivity contribution >= 4 is 45.1 Å². The fraction of sp³-hybridized carbons (Fsp3) is 0.292. The number of anilines is 1. The van der Waals surface area contributed by atoms with Crippen LogP contribution in [0.1, 0.15) is 42.0 Å². The number of rotatable bonds is 4. The Kier molecular flexibility index (Phi) is 5.73. The lowest BCUT2D eigenvalue weighted by Crippen LogP contribution is -2.43. The predicted octanol–water partition coefficient (Wildman–Crippen LogP) is 5.27. The Morgan fingerprint density at radius 3 is 2.74 bits per heavy atom. The SMILES string of the molecule is CC(Nc1ncnc2cccnc12)c1cc2cccc(Cl)c2c(C(=O)N2CCC(F)(F)CC2)n1. The molecule has 34 heavy (non-hydrogen) atoms. The summed E-state index contributed by atoms with van der Waals surface area (Å²) in [6.07, 6.45) is 2.39. The summed E-state index contributed by atoms with van der Waals surface area (Å²) >= 11 is 6.45. The number of pyridine rings is 2. The zero-order valence-corrected chi connectivity index (χ0v) is 19.1. The van der Waals surface area contributed by atoms with Crippen molar-refractivity contribution < 1.29 is 13.6 Å². The van der Waals surface area contributed by atoms with Gasteiger partial charge in [-0.1, -0.05) is 23.7 Å². The maximum atomic E-state index is 13.7. The third kappa shape index (κ3) is 4.23. The van der Waals surface area contributed by atoms with Crippen molar-refractivity contribution in [2.24, 2.45) is 0 Å². The molecule has 1 amide bonds. The fourth-order valence-electron chi connectivity index (χ4n) is 4.13. The Morgan fingerprint density at radius 1 is 1.15 bits per heavy atom. The van der Waals surface area contributed by atoms with Gasteiger partial charge in [-0.2, -0.15) is 0 Å². The molecule has 1 aliphatic heterocycles. The molecule has 7 nitrogen and oxygen atoms in total. The van der Waals surface area contributed by atoms with Gasteiger partial charge in [-0.3, -0.25) is 9.78 Å². The number of benzene rings is 1. The van der Waals surface area contributed by atoms with Gasteiger partial charge >= 0.3 is 0 Å². The highest BCUT2D eigenvalue weighted by Crippen LogP contribution is 2.33. The van der Waals surface area contributed by atoms with E-state index in [2.05, 4.69) is 25.3 Å². The van der Waals surface area contributed by atoms with Gasteiger partial charge in [0.25, 0.3) is 11.8 Å². The van der Waals surface area contributed by atoms with E-state index in [9.17, 15) is 13.6 Å². The van der Waals surface area contributed by atoms with Crippen LogP contribution in [-0.4, -0.2) is 49.8 Å². The zero-order chi connectivity index (χ0) is 23.9. The van der Waals surface area contributed by atoms with Crippen molar-refractivity contribution in [2.45, 2.75) is 31.7 Å². The molecule has 0 aliphatic carbocycles. The van der Waals surface area contributed by atoms with E-state index in [1.165, 1.54) is 11.2 Å². The van der Waals surface area contributed by atoms with Gasteiger partial charge < -0.3 is 10.2 Å². The Labute approximate surface area is 199 Å². The van der Waals surface area contributed by atoms with Crippen LogP contribution in [0, 0.1) is 0 Å². The van der Waals surface area contributed by atoms with Crippen LogP contribution in [0.4, 0.5) is 14.6 Å². The predicted molar refractivity (Wildman–Crippen MR) is 126 cm³/mol. The molecule has 3 aromatic heterocycles. The third-order valence-electron chi connectivity index (χ3n) is 6.00. The number of alkyl halides is 2. The normalized spacial score (nSPS) is 16.5. The molecule has 1 atom stereocenters. The lowest BCUT2D eigenvalue weighted by atomic mass is 10.0. The molecule has 0 radical (unpaired) electrons. The van der Waals surface area contributed by atoms with Crippen molar-refractivity contribution in [3.8, 4) is 0 Å². The van der Waals surface area contributed by atoms with E-state index in [0.29, 0.717) is 33.0 Å². The lowest BCUT2D eigenvalue weighted by molar-refractivity contribution is -0.0494. The highest BCUT2D eigenvalue weighted by atomic mass is 35.5. The van der Waals surface area contributed by atoms with E-state index in [1.807, 2.05) is 25.1 Å². The van der Waals surface area contributed by atoms with E-state index in [0.717, 1.165) is 5.39 Å². The minimum absolute atomic E-state index is 0.0317. The lowest BCUT2D eigenvalue weighted by Gasteiger charge is -2.32. The van der Waals surface area contributed by atoms with Gasteiger partial charge in [0, 0.05) is 37.5 Å². The highest BCUT2D eigenvalue weighted by Gasteiger charge is 2.36. The smallest absolute Gasteiger partial charge is 0.273 e. The van der Waals surface area contributed by atoms with Gasteiger partial charge in [0.2, 0.25) is 0 Å². The summed E-state index contributed by atoms with van der Waals surface area (Å²) in [6, 6.07) is 10.5.